The quantitative estimate of drug-likeness (QED) is 0.770. The normalized spacial score (nSPS) is 19.9. The summed E-state index contributed by atoms with van der Waals surface area (Å²) in [7, 11) is 2.92. The minimum Gasteiger partial charge on any atom is -0.497 e. The van der Waals surface area contributed by atoms with E-state index < -0.39 is 18.1 Å². The Morgan fingerprint density at radius 1 is 1.12 bits per heavy atom. The van der Waals surface area contributed by atoms with E-state index in [4.69, 9.17) is 14.2 Å². The summed E-state index contributed by atoms with van der Waals surface area (Å²) >= 11 is 0. The van der Waals surface area contributed by atoms with Gasteiger partial charge in [0, 0.05) is 6.54 Å². The molecule has 26 heavy (non-hydrogen) atoms. The number of methoxy groups -OCH3 is 2. The van der Waals surface area contributed by atoms with Crippen molar-refractivity contribution in [2.75, 3.05) is 20.8 Å². The van der Waals surface area contributed by atoms with Crippen LogP contribution in [0.25, 0.3) is 0 Å². The Bertz CT molecular complexity index is 760. The molecule has 2 aromatic carbocycles. The Morgan fingerprint density at radius 3 is 2.42 bits per heavy atom. The topological polar surface area (TPSA) is 65.1 Å². The lowest BCUT2D eigenvalue weighted by Gasteiger charge is -2.40. The average Bonchev–Trinajstić information content (AvgIpc) is 2.70. The molecule has 0 bridgehead atoms. The molecule has 1 fully saturated rings. The second-order valence-corrected chi connectivity index (χ2v) is 5.98. The van der Waals surface area contributed by atoms with E-state index in [2.05, 4.69) is 0 Å². The van der Waals surface area contributed by atoms with E-state index in [1.807, 2.05) is 54.6 Å². The molecule has 6 nitrogen and oxygen atoms in total. The van der Waals surface area contributed by atoms with Gasteiger partial charge in [0.2, 0.25) is 5.91 Å². The lowest BCUT2D eigenvalue weighted by molar-refractivity contribution is -0.176. The number of carbonyl (C=O) groups excluding carboxylic acids is 2. The SMILES string of the molecule is COC(=O)C1OCC(=O)N(Cc2ccc(OC)cc2)C1c1ccccc1. The number of hydrogen-bond acceptors (Lipinski definition) is 5. The van der Waals surface area contributed by atoms with Crippen molar-refractivity contribution in [2.45, 2.75) is 18.7 Å². The summed E-state index contributed by atoms with van der Waals surface area (Å²) < 4.78 is 15.6. The Balaban J connectivity index is 1.94. The van der Waals surface area contributed by atoms with Crippen molar-refractivity contribution in [1.82, 2.24) is 4.90 Å². The predicted octanol–water partition coefficient (Wildman–Crippen LogP) is 2.34. The summed E-state index contributed by atoms with van der Waals surface area (Å²) in [4.78, 5) is 26.5. The summed E-state index contributed by atoms with van der Waals surface area (Å²) in [6.07, 6.45) is -0.863. The van der Waals surface area contributed by atoms with Crippen LogP contribution < -0.4 is 4.74 Å². The van der Waals surface area contributed by atoms with Gasteiger partial charge in [-0.1, -0.05) is 42.5 Å². The van der Waals surface area contributed by atoms with E-state index in [0.717, 1.165) is 16.9 Å². The average molecular weight is 355 g/mol. The molecule has 1 aliphatic rings. The first-order valence-corrected chi connectivity index (χ1v) is 8.31. The van der Waals surface area contributed by atoms with Crippen molar-refractivity contribution in [3.63, 3.8) is 0 Å². The fraction of sp³-hybridized carbons (Fsp3) is 0.300. The first-order valence-electron chi connectivity index (χ1n) is 8.31. The van der Waals surface area contributed by atoms with Crippen LogP contribution in [0.1, 0.15) is 17.2 Å². The van der Waals surface area contributed by atoms with Crippen molar-refractivity contribution in [3.05, 3.63) is 65.7 Å². The molecular weight excluding hydrogens is 334 g/mol. The molecule has 0 spiro atoms. The molecule has 0 saturated carbocycles. The molecule has 3 rings (SSSR count). The Hall–Kier alpha value is -2.86. The molecule has 136 valence electrons. The smallest absolute Gasteiger partial charge is 0.337 e. The maximum atomic E-state index is 12.6. The zero-order valence-electron chi connectivity index (χ0n) is 14.8. The first kappa shape index (κ1) is 17.9. The van der Waals surface area contributed by atoms with Gasteiger partial charge in [-0.05, 0) is 23.3 Å². The van der Waals surface area contributed by atoms with E-state index in [-0.39, 0.29) is 12.5 Å². The molecular formula is C20H21NO5. The molecule has 2 atom stereocenters. The number of carbonyl (C=O) groups is 2. The third-order valence-corrected chi connectivity index (χ3v) is 4.42. The molecule has 0 aromatic heterocycles. The lowest BCUT2D eigenvalue weighted by atomic mass is 9.97. The van der Waals surface area contributed by atoms with Crippen LogP contribution in [0.5, 0.6) is 5.75 Å². The van der Waals surface area contributed by atoms with Gasteiger partial charge >= 0.3 is 5.97 Å². The Labute approximate surface area is 152 Å². The number of morpholine rings is 1. The van der Waals surface area contributed by atoms with Gasteiger partial charge < -0.3 is 19.1 Å². The van der Waals surface area contributed by atoms with Crippen LogP contribution in [0.15, 0.2) is 54.6 Å². The Kier molecular flexibility index (Phi) is 5.53. The van der Waals surface area contributed by atoms with Gasteiger partial charge in [-0.3, -0.25) is 4.79 Å². The summed E-state index contributed by atoms with van der Waals surface area (Å²) in [5, 5.41) is 0. The summed E-state index contributed by atoms with van der Waals surface area (Å²) in [5.74, 6) is 0.0787. The maximum absolute atomic E-state index is 12.6. The number of nitrogens with zero attached hydrogens (tertiary/aromatic N) is 1. The molecule has 0 aliphatic carbocycles. The van der Waals surface area contributed by atoms with Crippen molar-refractivity contribution < 1.29 is 23.8 Å². The van der Waals surface area contributed by atoms with Crippen LogP contribution in [0, 0.1) is 0 Å². The van der Waals surface area contributed by atoms with Crippen LogP contribution >= 0.6 is 0 Å². The van der Waals surface area contributed by atoms with Gasteiger partial charge in [0.25, 0.3) is 0 Å². The molecule has 0 radical (unpaired) electrons. The third kappa shape index (κ3) is 3.70. The lowest BCUT2D eigenvalue weighted by Crippen LogP contribution is -2.51. The first-order chi connectivity index (χ1) is 12.6. The molecule has 0 N–H and O–H groups in total. The van der Waals surface area contributed by atoms with E-state index in [9.17, 15) is 9.59 Å². The van der Waals surface area contributed by atoms with Gasteiger partial charge in [0.1, 0.15) is 12.4 Å². The zero-order chi connectivity index (χ0) is 18.5. The van der Waals surface area contributed by atoms with Gasteiger partial charge in [-0.25, -0.2) is 4.79 Å². The number of ether oxygens (including phenoxy) is 3. The number of esters is 1. The maximum Gasteiger partial charge on any atom is 0.337 e. The highest BCUT2D eigenvalue weighted by Gasteiger charge is 2.42. The minimum atomic E-state index is -0.863. The van der Waals surface area contributed by atoms with Gasteiger partial charge in [-0.2, -0.15) is 0 Å². The largest absolute Gasteiger partial charge is 0.497 e. The van der Waals surface area contributed by atoms with Crippen LogP contribution in [-0.2, 0) is 25.6 Å². The Morgan fingerprint density at radius 2 is 1.81 bits per heavy atom. The van der Waals surface area contributed by atoms with Gasteiger partial charge in [0.15, 0.2) is 6.10 Å². The van der Waals surface area contributed by atoms with Crippen LogP contribution in [0.4, 0.5) is 0 Å². The molecule has 1 amide bonds. The summed E-state index contributed by atoms with van der Waals surface area (Å²) in [5.41, 5.74) is 1.76. The molecule has 1 aliphatic heterocycles. The summed E-state index contributed by atoms with van der Waals surface area (Å²) in [6.45, 7) is 0.207. The van der Waals surface area contributed by atoms with E-state index >= 15 is 0 Å². The van der Waals surface area contributed by atoms with E-state index in [1.165, 1.54) is 7.11 Å². The molecule has 2 unspecified atom stereocenters. The fourth-order valence-corrected chi connectivity index (χ4v) is 3.09. The molecule has 1 heterocycles. The number of hydrogen-bond donors (Lipinski definition) is 0. The second-order valence-electron chi connectivity index (χ2n) is 5.98. The molecule has 2 aromatic rings. The van der Waals surface area contributed by atoms with Crippen LogP contribution in [-0.4, -0.2) is 43.7 Å². The highest BCUT2D eigenvalue weighted by atomic mass is 16.6. The van der Waals surface area contributed by atoms with Crippen LogP contribution in [0.3, 0.4) is 0 Å². The molecule has 1 saturated heterocycles. The zero-order valence-corrected chi connectivity index (χ0v) is 14.8. The van der Waals surface area contributed by atoms with Crippen molar-refractivity contribution in [2.24, 2.45) is 0 Å². The minimum absolute atomic E-state index is 0.154. The number of rotatable bonds is 5. The van der Waals surface area contributed by atoms with Gasteiger partial charge in [-0.15, -0.1) is 0 Å². The van der Waals surface area contributed by atoms with E-state index in [1.54, 1.807) is 12.0 Å². The standard InChI is InChI=1S/C20H21NO5/c1-24-16-10-8-14(9-11-16)12-21-17(22)13-26-19(20(23)25-2)18(21)15-6-4-3-5-7-15/h3-11,18-19H,12-13H2,1-2H3. The second kappa shape index (κ2) is 8.01. The summed E-state index contributed by atoms with van der Waals surface area (Å²) in [6, 6.07) is 16.3. The van der Waals surface area contributed by atoms with Crippen molar-refractivity contribution in [3.8, 4) is 5.75 Å². The highest BCUT2D eigenvalue weighted by molar-refractivity contribution is 5.83. The van der Waals surface area contributed by atoms with Crippen molar-refractivity contribution >= 4 is 11.9 Å². The molecule has 6 heteroatoms. The predicted molar refractivity (Wildman–Crippen MR) is 94.5 cm³/mol. The van der Waals surface area contributed by atoms with Gasteiger partial charge in [0.05, 0.1) is 20.3 Å². The van der Waals surface area contributed by atoms with E-state index in [0.29, 0.717) is 6.54 Å². The third-order valence-electron chi connectivity index (χ3n) is 4.42. The van der Waals surface area contributed by atoms with Crippen LogP contribution in [0.2, 0.25) is 0 Å². The number of amides is 1. The fourth-order valence-electron chi connectivity index (χ4n) is 3.09. The highest BCUT2D eigenvalue weighted by Crippen LogP contribution is 2.32. The van der Waals surface area contributed by atoms with Crippen molar-refractivity contribution in [1.29, 1.82) is 0 Å². The number of benzene rings is 2. The monoisotopic (exact) mass is 355 g/mol.